The molecule has 3 aromatic rings. The normalized spacial score (nSPS) is 10.6. The molecule has 0 aliphatic heterocycles. The van der Waals surface area contributed by atoms with Crippen LogP contribution in [0.4, 0.5) is 15.2 Å². The number of aromatic nitrogens is 2. The van der Waals surface area contributed by atoms with E-state index >= 15 is 0 Å². The molecule has 0 saturated heterocycles. The van der Waals surface area contributed by atoms with Gasteiger partial charge < -0.3 is 19.7 Å². The molecule has 1 N–H and O–H groups in total. The Morgan fingerprint density at radius 2 is 2.00 bits per heavy atom. The maximum absolute atomic E-state index is 13.9. The molecule has 0 fully saturated rings. The predicted octanol–water partition coefficient (Wildman–Crippen LogP) is 4.97. The topological polar surface area (TPSA) is 76.6 Å². The number of anilines is 2. The molecule has 2 aromatic carbocycles. The summed E-state index contributed by atoms with van der Waals surface area (Å²) in [6, 6.07) is 12.3. The van der Waals surface area contributed by atoms with E-state index in [-0.39, 0.29) is 17.4 Å². The Morgan fingerprint density at radius 1 is 1.19 bits per heavy atom. The Kier molecular flexibility index (Phi) is 8.69. The summed E-state index contributed by atoms with van der Waals surface area (Å²) in [5.41, 5.74) is 1.51. The summed E-state index contributed by atoms with van der Waals surface area (Å²) in [7, 11) is 1.42. The predicted molar refractivity (Wildman–Crippen MR) is 126 cm³/mol. The second-order valence-corrected chi connectivity index (χ2v) is 8.79. The van der Waals surface area contributed by atoms with Gasteiger partial charge in [0.15, 0.2) is 15.9 Å². The van der Waals surface area contributed by atoms with Gasteiger partial charge in [-0.3, -0.25) is 4.79 Å². The number of rotatable bonds is 11. The van der Waals surface area contributed by atoms with Crippen molar-refractivity contribution in [1.29, 1.82) is 0 Å². The van der Waals surface area contributed by atoms with Gasteiger partial charge in [-0.1, -0.05) is 41.3 Å². The fraction of sp³-hybridized carbons (Fsp3) is 0.318. The highest BCUT2D eigenvalue weighted by atomic mass is 32.2. The molecular formula is C22H25FN4O3S2. The van der Waals surface area contributed by atoms with Gasteiger partial charge in [-0.25, -0.2) is 4.39 Å². The molecule has 0 aliphatic rings. The van der Waals surface area contributed by atoms with Gasteiger partial charge in [0.05, 0.1) is 25.2 Å². The van der Waals surface area contributed by atoms with Crippen LogP contribution in [0.2, 0.25) is 0 Å². The first-order valence-electron chi connectivity index (χ1n) is 10.1. The zero-order chi connectivity index (χ0) is 22.9. The molecule has 0 atom stereocenters. The van der Waals surface area contributed by atoms with Crippen molar-refractivity contribution in [3.8, 4) is 11.5 Å². The monoisotopic (exact) mass is 476 g/mol. The second kappa shape index (κ2) is 11.7. The number of para-hydroxylation sites is 2. The van der Waals surface area contributed by atoms with Gasteiger partial charge in [0, 0.05) is 13.1 Å². The van der Waals surface area contributed by atoms with E-state index in [2.05, 4.69) is 15.5 Å². The van der Waals surface area contributed by atoms with Crippen LogP contribution in [0.15, 0.2) is 46.8 Å². The minimum atomic E-state index is -0.442. The van der Waals surface area contributed by atoms with Crippen LogP contribution in [-0.4, -0.2) is 47.0 Å². The first-order valence-corrected chi connectivity index (χ1v) is 11.9. The summed E-state index contributed by atoms with van der Waals surface area (Å²) in [4.78, 5) is 14.4. The fourth-order valence-corrected chi connectivity index (χ4v) is 4.57. The summed E-state index contributed by atoms with van der Waals surface area (Å²) in [6.45, 7) is 5.23. The van der Waals surface area contributed by atoms with E-state index in [1.807, 2.05) is 38.1 Å². The molecule has 3 rings (SSSR count). The first kappa shape index (κ1) is 23.8. The maximum atomic E-state index is 13.9. The number of carbonyl (C=O) groups is 1. The lowest BCUT2D eigenvalue weighted by Gasteiger charge is -2.21. The average molecular weight is 477 g/mol. The van der Waals surface area contributed by atoms with Crippen LogP contribution >= 0.6 is 23.1 Å². The molecule has 0 bridgehead atoms. The van der Waals surface area contributed by atoms with Crippen molar-refractivity contribution in [3.05, 3.63) is 53.8 Å². The number of ether oxygens (including phenoxy) is 2. The highest BCUT2D eigenvalue weighted by Gasteiger charge is 2.16. The van der Waals surface area contributed by atoms with E-state index in [0.717, 1.165) is 11.4 Å². The molecule has 1 heterocycles. The quantitative estimate of drug-likeness (QED) is 0.392. The number of carbonyl (C=O) groups excluding carboxylic acids is 1. The lowest BCUT2D eigenvalue weighted by atomic mass is 10.2. The van der Waals surface area contributed by atoms with E-state index in [1.165, 1.54) is 36.3 Å². The van der Waals surface area contributed by atoms with Crippen molar-refractivity contribution in [1.82, 2.24) is 15.1 Å². The molecule has 0 spiro atoms. The molecule has 0 unspecified atom stereocenters. The Bertz CT molecular complexity index is 1050. The number of nitrogens with one attached hydrogen (secondary N) is 1. The average Bonchev–Trinajstić information content (AvgIpc) is 3.24. The van der Waals surface area contributed by atoms with Crippen molar-refractivity contribution in [3.63, 3.8) is 0 Å². The Morgan fingerprint density at radius 3 is 2.72 bits per heavy atom. The first-order chi connectivity index (χ1) is 15.5. The summed E-state index contributed by atoms with van der Waals surface area (Å²) in [6.07, 6.45) is 0. The molecule has 0 aliphatic carbocycles. The number of benzene rings is 2. The Balaban J connectivity index is 1.56. The van der Waals surface area contributed by atoms with Crippen LogP contribution in [0, 0.1) is 5.82 Å². The van der Waals surface area contributed by atoms with Crippen LogP contribution in [0.1, 0.15) is 19.4 Å². The number of hydrogen-bond acceptors (Lipinski definition) is 8. The van der Waals surface area contributed by atoms with Crippen molar-refractivity contribution in [2.75, 3.05) is 31.3 Å². The van der Waals surface area contributed by atoms with E-state index in [4.69, 9.17) is 9.47 Å². The standard InChI is InChI=1S/C22H25FN4O3S2/c1-4-27(13-15-10-11-18(29-3)16(23)12-15)20(28)14-31-22-26-25-21(32-22)24-17-8-6-7-9-19(17)30-5-2/h6-12H,4-5,13-14H2,1-3H3,(H,24,25). The summed E-state index contributed by atoms with van der Waals surface area (Å²) in [5.74, 6) is 0.644. The molecule has 10 heteroatoms. The highest BCUT2D eigenvalue weighted by molar-refractivity contribution is 8.01. The second-order valence-electron chi connectivity index (χ2n) is 6.59. The van der Waals surface area contributed by atoms with Crippen molar-refractivity contribution >= 4 is 39.8 Å². The summed E-state index contributed by atoms with van der Waals surface area (Å²) < 4.78 is 25.2. The number of halogens is 1. The van der Waals surface area contributed by atoms with E-state index in [1.54, 1.807) is 17.0 Å². The number of hydrogen-bond donors (Lipinski definition) is 1. The van der Waals surface area contributed by atoms with E-state index in [9.17, 15) is 9.18 Å². The third-order valence-corrected chi connectivity index (χ3v) is 6.43. The minimum absolute atomic E-state index is 0.0554. The van der Waals surface area contributed by atoms with Gasteiger partial charge in [-0.15, -0.1) is 10.2 Å². The van der Waals surface area contributed by atoms with Gasteiger partial charge in [-0.05, 0) is 43.7 Å². The third kappa shape index (κ3) is 6.33. The SMILES string of the molecule is CCOc1ccccc1Nc1nnc(SCC(=O)N(CC)Cc2ccc(OC)c(F)c2)s1. The van der Waals surface area contributed by atoms with Gasteiger partial charge in [0.25, 0.3) is 0 Å². The van der Waals surface area contributed by atoms with E-state index < -0.39 is 5.82 Å². The van der Waals surface area contributed by atoms with Crippen molar-refractivity contribution in [2.45, 2.75) is 24.7 Å². The lowest BCUT2D eigenvalue weighted by Crippen LogP contribution is -2.31. The molecule has 1 aromatic heterocycles. The molecule has 7 nitrogen and oxygen atoms in total. The zero-order valence-electron chi connectivity index (χ0n) is 18.1. The largest absolute Gasteiger partial charge is 0.494 e. The molecule has 0 saturated carbocycles. The smallest absolute Gasteiger partial charge is 0.233 e. The summed E-state index contributed by atoms with van der Waals surface area (Å²) in [5, 5.41) is 12.1. The molecule has 32 heavy (non-hydrogen) atoms. The molecule has 170 valence electrons. The van der Waals surface area contributed by atoms with Crippen LogP contribution in [-0.2, 0) is 11.3 Å². The number of amides is 1. The number of thioether (sulfide) groups is 1. The Labute approximate surface area is 195 Å². The van der Waals surface area contributed by atoms with E-state index in [0.29, 0.717) is 34.7 Å². The van der Waals surface area contributed by atoms with Crippen LogP contribution in [0.25, 0.3) is 0 Å². The van der Waals surface area contributed by atoms with Gasteiger partial charge in [0.1, 0.15) is 5.75 Å². The van der Waals surface area contributed by atoms with Crippen molar-refractivity contribution in [2.24, 2.45) is 0 Å². The molecule has 1 amide bonds. The lowest BCUT2D eigenvalue weighted by molar-refractivity contribution is -0.128. The van der Waals surface area contributed by atoms with Gasteiger partial charge in [-0.2, -0.15) is 0 Å². The maximum Gasteiger partial charge on any atom is 0.233 e. The molecule has 0 radical (unpaired) electrons. The third-order valence-electron chi connectivity index (χ3n) is 4.48. The van der Waals surface area contributed by atoms with Gasteiger partial charge in [0.2, 0.25) is 11.0 Å². The summed E-state index contributed by atoms with van der Waals surface area (Å²) >= 11 is 2.69. The van der Waals surface area contributed by atoms with Gasteiger partial charge >= 0.3 is 0 Å². The van der Waals surface area contributed by atoms with Crippen LogP contribution in [0.3, 0.4) is 0 Å². The van der Waals surface area contributed by atoms with Crippen LogP contribution in [0.5, 0.6) is 11.5 Å². The zero-order valence-corrected chi connectivity index (χ0v) is 19.8. The Hall–Kier alpha value is -2.85. The van der Waals surface area contributed by atoms with Crippen LogP contribution < -0.4 is 14.8 Å². The number of methoxy groups -OCH3 is 1. The highest BCUT2D eigenvalue weighted by Crippen LogP contribution is 2.31. The molecular weight excluding hydrogens is 451 g/mol. The minimum Gasteiger partial charge on any atom is -0.494 e. The number of nitrogens with zero attached hydrogens (tertiary/aromatic N) is 3. The fourth-order valence-electron chi connectivity index (χ4n) is 2.90. The van der Waals surface area contributed by atoms with Crippen molar-refractivity contribution < 1.29 is 18.7 Å².